The number of benzene rings is 1. The summed E-state index contributed by atoms with van der Waals surface area (Å²) in [5.41, 5.74) is 0.599. The van der Waals surface area contributed by atoms with Gasteiger partial charge < -0.3 is 14.6 Å². The number of methoxy groups -OCH3 is 1. The molecule has 0 bridgehead atoms. The lowest BCUT2D eigenvalue weighted by atomic mass is 10.3. The summed E-state index contributed by atoms with van der Waals surface area (Å²) in [4.78, 5) is 14.8. The van der Waals surface area contributed by atoms with Gasteiger partial charge in [0.2, 0.25) is 0 Å². The minimum Gasteiger partial charge on any atom is -0.497 e. The lowest BCUT2D eigenvalue weighted by Gasteiger charge is -2.05. The molecule has 0 aliphatic carbocycles. The van der Waals surface area contributed by atoms with E-state index in [4.69, 9.17) is 14.6 Å². The van der Waals surface area contributed by atoms with Crippen molar-refractivity contribution in [1.82, 2.24) is 4.98 Å². The fourth-order valence-electron chi connectivity index (χ4n) is 1.63. The van der Waals surface area contributed by atoms with Crippen LogP contribution >= 0.6 is 11.3 Å². The number of carboxylic acids is 1. The van der Waals surface area contributed by atoms with E-state index in [0.29, 0.717) is 18.7 Å². The predicted molar refractivity (Wildman–Crippen MR) is 75.6 cm³/mol. The fourth-order valence-corrected chi connectivity index (χ4v) is 2.41. The second-order valence-electron chi connectivity index (χ2n) is 4.08. The van der Waals surface area contributed by atoms with E-state index in [1.54, 1.807) is 12.5 Å². The Balaban J connectivity index is 1.80. The number of ether oxygens (including phenoxy) is 2. The van der Waals surface area contributed by atoms with Gasteiger partial charge in [0.05, 0.1) is 30.8 Å². The molecule has 0 spiro atoms. The van der Waals surface area contributed by atoms with Crippen molar-refractivity contribution >= 4 is 17.3 Å². The Bertz CT molecular complexity index is 565. The molecule has 1 N–H and O–H groups in total. The average molecular weight is 293 g/mol. The van der Waals surface area contributed by atoms with E-state index in [0.717, 1.165) is 16.5 Å². The van der Waals surface area contributed by atoms with Gasteiger partial charge in [-0.15, -0.1) is 11.3 Å². The molecule has 0 radical (unpaired) electrons. The predicted octanol–water partition coefficient (Wildman–Crippen LogP) is 2.40. The zero-order chi connectivity index (χ0) is 14.4. The number of carboxylic acid groups (broad SMARTS) is 1. The molecule has 0 unspecified atom stereocenters. The van der Waals surface area contributed by atoms with Gasteiger partial charge in [-0.3, -0.25) is 4.79 Å². The zero-order valence-corrected chi connectivity index (χ0v) is 11.9. The third-order valence-electron chi connectivity index (χ3n) is 2.58. The number of carbonyl (C=O) groups is 1. The van der Waals surface area contributed by atoms with Gasteiger partial charge in [0.25, 0.3) is 0 Å². The molecule has 6 heteroatoms. The van der Waals surface area contributed by atoms with Gasteiger partial charge in [0.1, 0.15) is 11.5 Å². The minimum atomic E-state index is -0.865. The van der Waals surface area contributed by atoms with Gasteiger partial charge in [0.15, 0.2) is 0 Å². The van der Waals surface area contributed by atoms with Crippen LogP contribution in [0.25, 0.3) is 0 Å². The first-order valence-corrected chi connectivity index (χ1v) is 6.97. The second kappa shape index (κ2) is 6.91. The molecule has 2 rings (SSSR count). The molecule has 0 saturated heterocycles. The van der Waals surface area contributed by atoms with Crippen molar-refractivity contribution in [2.75, 3.05) is 13.7 Å². The van der Waals surface area contributed by atoms with Crippen LogP contribution in [0.5, 0.6) is 11.5 Å². The minimum absolute atomic E-state index is 0.0319. The third kappa shape index (κ3) is 4.24. The van der Waals surface area contributed by atoms with Crippen LogP contribution < -0.4 is 9.47 Å². The number of aliphatic carboxylic acids is 1. The number of aromatic nitrogens is 1. The number of nitrogens with zero attached hydrogens (tertiary/aromatic N) is 1. The summed E-state index contributed by atoms with van der Waals surface area (Å²) in [5.74, 6) is 0.694. The SMILES string of the molecule is COc1ccc(OCCc2nc(CC(=O)O)cs2)cc1. The van der Waals surface area contributed by atoms with Crippen LogP contribution in [0.2, 0.25) is 0 Å². The standard InChI is InChI=1S/C14H15NO4S/c1-18-11-2-4-12(5-3-11)19-7-6-13-15-10(9-20-13)8-14(16)17/h2-5,9H,6-8H2,1H3,(H,16,17). The van der Waals surface area contributed by atoms with Crippen LogP contribution in [0.1, 0.15) is 10.7 Å². The summed E-state index contributed by atoms with van der Waals surface area (Å²) in [6.45, 7) is 0.506. The van der Waals surface area contributed by atoms with E-state index >= 15 is 0 Å². The Labute approximate surface area is 120 Å². The summed E-state index contributed by atoms with van der Waals surface area (Å²) >= 11 is 1.46. The Morgan fingerprint density at radius 2 is 2.00 bits per heavy atom. The molecule has 0 atom stereocenters. The maximum Gasteiger partial charge on any atom is 0.309 e. The molecule has 2 aromatic rings. The number of hydrogen-bond acceptors (Lipinski definition) is 5. The van der Waals surface area contributed by atoms with Crippen molar-refractivity contribution < 1.29 is 19.4 Å². The van der Waals surface area contributed by atoms with Crippen LogP contribution in [0.15, 0.2) is 29.6 Å². The summed E-state index contributed by atoms with van der Waals surface area (Å²) < 4.78 is 10.7. The largest absolute Gasteiger partial charge is 0.497 e. The highest BCUT2D eigenvalue weighted by Gasteiger charge is 2.06. The lowest BCUT2D eigenvalue weighted by molar-refractivity contribution is -0.136. The van der Waals surface area contributed by atoms with Crippen LogP contribution in [0.3, 0.4) is 0 Å². The van der Waals surface area contributed by atoms with Gasteiger partial charge in [0, 0.05) is 11.8 Å². The van der Waals surface area contributed by atoms with Crippen LogP contribution in [0.4, 0.5) is 0 Å². The van der Waals surface area contributed by atoms with Crippen LogP contribution in [-0.2, 0) is 17.6 Å². The van der Waals surface area contributed by atoms with Gasteiger partial charge >= 0.3 is 5.97 Å². The van der Waals surface area contributed by atoms with Crippen molar-refractivity contribution in [1.29, 1.82) is 0 Å². The molecular weight excluding hydrogens is 278 g/mol. The van der Waals surface area contributed by atoms with E-state index in [9.17, 15) is 4.79 Å². The Hall–Kier alpha value is -2.08. The molecule has 0 aliphatic rings. The molecule has 0 amide bonds. The topological polar surface area (TPSA) is 68.7 Å². The maximum absolute atomic E-state index is 10.6. The molecule has 0 saturated carbocycles. The summed E-state index contributed by atoms with van der Waals surface area (Å²) in [6.07, 6.45) is 0.631. The monoisotopic (exact) mass is 293 g/mol. The quantitative estimate of drug-likeness (QED) is 0.849. The molecule has 20 heavy (non-hydrogen) atoms. The lowest BCUT2D eigenvalue weighted by Crippen LogP contribution is -2.03. The van der Waals surface area contributed by atoms with E-state index < -0.39 is 5.97 Å². The normalized spacial score (nSPS) is 10.2. The van der Waals surface area contributed by atoms with Gasteiger partial charge in [-0.2, -0.15) is 0 Å². The van der Waals surface area contributed by atoms with E-state index in [2.05, 4.69) is 4.98 Å². The van der Waals surface area contributed by atoms with Crippen LogP contribution in [-0.4, -0.2) is 29.8 Å². The summed E-state index contributed by atoms with van der Waals surface area (Å²) in [6, 6.07) is 7.36. The summed E-state index contributed by atoms with van der Waals surface area (Å²) in [5, 5.41) is 11.3. The number of hydrogen-bond donors (Lipinski definition) is 1. The summed E-state index contributed by atoms with van der Waals surface area (Å²) in [7, 11) is 1.62. The molecule has 0 fully saturated rings. The first kappa shape index (κ1) is 14.3. The van der Waals surface area contributed by atoms with Gasteiger partial charge in [-0.25, -0.2) is 4.98 Å². The van der Waals surface area contributed by atoms with Gasteiger partial charge in [-0.1, -0.05) is 0 Å². The highest BCUT2D eigenvalue weighted by Crippen LogP contribution is 2.17. The first-order valence-electron chi connectivity index (χ1n) is 6.09. The average Bonchev–Trinajstić information content (AvgIpc) is 2.86. The van der Waals surface area contributed by atoms with Crippen molar-refractivity contribution in [2.45, 2.75) is 12.8 Å². The zero-order valence-electron chi connectivity index (χ0n) is 11.0. The molecule has 0 aliphatic heterocycles. The van der Waals surface area contributed by atoms with Crippen molar-refractivity contribution in [3.63, 3.8) is 0 Å². The molecule has 106 valence electrons. The van der Waals surface area contributed by atoms with Crippen molar-refractivity contribution in [3.8, 4) is 11.5 Å². The molecule has 1 heterocycles. The second-order valence-corrected chi connectivity index (χ2v) is 5.02. The molecular formula is C14H15NO4S. The molecule has 1 aromatic heterocycles. The van der Waals surface area contributed by atoms with E-state index in [1.807, 2.05) is 24.3 Å². The van der Waals surface area contributed by atoms with E-state index in [1.165, 1.54) is 11.3 Å². The third-order valence-corrected chi connectivity index (χ3v) is 3.53. The Morgan fingerprint density at radius 3 is 2.65 bits per heavy atom. The highest BCUT2D eigenvalue weighted by atomic mass is 32.1. The van der Waals surface area contributed by atoms with Crippen molar-refractivity contribution in [3.05, 3.63) is 40.3 Å². The van der Waals surface area contributed by atoms with Crippen LogP contribution in [0, 0.1) is 0 Å². The Morgan fingerprint density at radius 1 is 1.30 bits per heavy atom. The number of rotatable bonds is 7. The van der Waals surface area contributed by atoms with Gasteiger partial charge in [-0.05, 0) is 24.3 Å². The smallest absolute Gasteiger partial charge is 0.309 e. The molecule has 5 nitrogen and oxygen atoms in total. The fraction of sp³-hybridized carbons (Fsp3) is 0.286. The van der Waals surface area contributed by atoms with Crippen molar-refractivity contribution in [2.24, 2.45) is 0 Å². The van der Waals surface area contributed by atoms with E-state index in [-0.39, 0.29) is 6.42 Å². The number of thiazole rings is 1. The Kier molecular flexibility index (Phi) is 4.95. The highest BCUT2D eigenvalue weighted by molar-refractivity contribution is 7.09. The molecule has 1 aromatic carbocycles. The first-order chi connectivity index (χ1) is 9.67. The maximum atomic E-state index is 10.6.